The molecule has 0 heterocycles. The summed E-state index contributed by atoms with van der Waals surface area (Å²) >= 11 is 0. The van der Waals surface area contributed by atoms with Gasteiger partial charge in [0.15, 0.2) is 0 Å². The Labute approximate surface area is 121 Å². The maximum atomic E-state index is 13.3. The van der Waals surface area contributed by atoms with Crippen molar-refractivity contribution in [3.05, 3.63) is 35.1 Å². The van der Waals surface area contributed by atoms with Gasteiger partial charge in [0.25, 0.3) is 0 Å². The van der Waals surface area contributed by atoms with E-state index in [-0.39, 0.29) is 30.6 Å². The van der Waals surface area contributed by atoms with Gasteiger partial charge < -0.3 is 0 Å². The van der Waals surface area contributed by atoms with Crippen LogP contribution < -0.4 is 11.3 Å². The van der Waals surface area contributed by atoms with Crippen molar-refractivity contribution in [3.8, 4) is 0 Å². The highest BCUT2D eigenvalue weighted by molar-refractivity contribution is 5.27. The molecule has 0 saturated heterocycles. The molecule has 21 heavy (non-hydrogen) atoms. The van der Waals surface area contributed by atoms with Gasteiger partial charge in [-0.15, -0.1) is 0 Å². The van der Waals surface area contributed by atoms with Gasteiger partial charge in [0.2, 0.25) is 0 Å². The number of hydrazine groups is 1. The van der Waals surface area contributed by atoms with Crippen LogP contribution in [0.5, 0.6) is 0 Å². The van der Waals surface area contributed by atoms with E-state index in [2.05, 4.69) is 5.43 Å². The lowest BCUT2D eigenvalue weighted by molar-refractivity contribution is -0.184. The first kappa shape index (κ1) is 16.2. The molecule has 1 aliphatic carbocycles. The molecule has 6 heteroatoms. The third-order valence-electron chi connectivity index (χ3n) is 4.43. The van der Waals surface area contributed by atoms with Crippen LogP contribution in [-0.2, 0) is 0 Å². The van der Waals surface area contributed by atoms with Crippen LogP contribution in [0.3, 0.4) is 0 Å². The van der Waals surface area contributed by atoms with E-state index in [1.807, 2.05) is 0 Å². The number of rotatable bonds is 3. The molecule has 0 aliphatic heterocycles. The molecule has 0 radical (unpaired) electrons. The molecule has 0 amide bonds. The first-order valence-electron chi connectivity index (χ1n) is 7.11. The molecule has 3 N–H and O–H groups in total. The van der Waals surface area contributed by atoms with Crippen LogP contribution in [0.4, 0.5) is 17.6 Å². The van der Waals surface area contributed by atoms with Gasteiger partial charge in [0.05, 0.1) is 5.92 Å². The molecule has 118 valence electrons. The van der Waals surface area contributed by atoms with E-state index < -0.39 is 12.1 Å². The Morgan fingerprint density at radius 1 is 1.19 bits per heavy atom. The van der Waals surface area contributed by atoms with Crippen LogP contribution in [0, 0.1) is 24.6 Å². The minimum absolute atomic E-state index is 0.0402. The zero-order valence-electron chi connectivity index (χ0n) is 11.9. The van der Waals surface area contributed by atoms with Crippen LogP contribution >= 0.6 is 0 Å². The topological polar surface area (TPSA) is 38.0 Å². The van der Waals surface area contributed by atoms with E-state index in [1.165, 1.54) is 6.07 Å². The molecule has 2 nitrogen and oxygen atoms in total. The summed E-state index contributed by atoms with van der Waals surface area (Å²) in [5.41, 5.74) is 4.02. The molecule has 2 rings (SSSR count). The maximum absolute atomic E-state index is 13.3. The highest BCUT2D eigenvalue weighted by Crippen LogP contribution is 2.43. The van der Waals surface area contributed by atoms with Crippen molar-refractivity contribution in [2.75, 3.05) is 0 Å². The van der Waals surface area contributed by atoms with E-state index in [1.54, 1.807) is 19.1 Å². The molecular formula is C15H20F4N2. The van der Waals surface area contributed by atoms with Gasteiger partial charge >= 0.3 is 6.18 Å². The SMILES string of the molecule is Cc1cc(C(NN)C2CCC(C(F)(F)F)CC2)ccc1F. The predicted octanol–water partition coefficient (Wildman–Crippen LogP) is 4.01. The van der Waals surface area contributed by atoms with Gasteiger partial charge in [0.1, 0.15) is 5.82 Å². The summed E-state index contributed by atoms with van der Waals surface area (Å²) in [5.74, 6) is 4.12. The molecule has 1 fully saturated rings. The number of alkyl halides is 3. The maximum Gasteiger partial charge on any atom is 0.391 e. The number of halogens is 4. The fraction of sp³-hybridized carbons (Fsp3) is 0.600. The molecule has 1 aromatic carbocycles. The first-order valence-corrected chi connectivity index (χ1v) is 7.11. The second kappa shape index (κ2) is 6.32. The van der Waals surface area contributed by atoms with Crippen molar-refractivity contribution in [2.45, 2.75) is 44.8 Å². The fourth-order valence-corrected chi connectivity index (χ4v) is 3.15. The smallest absolute Gasteiger partial charge is 0.271 e. The number of hydrogen-bond acceptors (Lipinski definition) is 2. The first-order chi connectivity index (χ1) is 9.82. The molecule has 0 spiro atoms. The second-order valence-electron chi connectivity index (χ2n) is 5.81. The van der Waals surface area contributed by atoms with Gasteiger partial charge in [-0.1, -0.05) is 12.1 Å². The number of aryl methyl sites for hydroxylation is 1. The van der Waals surface area contributed by atoms with Crippen molar-refractivity contribution in [1.29, 1.82) is 0 Å². The number of benzene rings is 1. The van der Waals surface area contributed by atoms with Crippen LogP contribution in [0.15, 0.2) is 18.2 Å². The van der Waals surface area contributed by atoms with Gasteiger partial charge in [-0.3, -0.25) is 11.3 Å². The van der Waals surface area contributed by atoms with Gasteiger partial charge in [-0.2, -0.15) is 13.2 Å². The number of nitrogens with two attached hydrogens (primary N) is 1. The van der Waals surface area contributed by atoms with Crippen molar-refractivity contribution in [3.63, 3.8) is 0 Å². The monoisotopic (exact) mass is 304 g/mol. The Hall–Kier alpha value is -1.14. The van der Waals surface area contributed by atoms with E-state index in [0.717, 1.165) is 5.56 Å². The molecule has 1 saturated carbocycles. The van der Waals surface area contributed by atoms with E-state index in [9.17, 15) is 17.6 Å². The summed E-state index contributed by atoms with van der Waals surface area (Å²) in [6.07, 6.45) is -2.91. The molecule has 1 aromatic rings. The zero-order valence-corrected chi connectivity index (χ0v) is 11.9. The van der Waals surface area contributed by atoms with Crippen LogP contribution in [0.2, 0.25) is 0 Å². The fourth-order valence-electron chi connectivity index (χ4n) is 3.15. The normalized spacial score (nSPS) is 24.9. The minimum atomic E-state index is -4.11. The average molecular weight is 304 g/mol. The van der Waals surface area contributed by atoms with E-state index >= 15 is 0 Å². The van der Waals surface area contributed by atoms with E-state index in [4.69, 9.17) is 5.84 Å². The molecule has 0 bridgehead atoms. The lowest BCUT2D eigenvalue weighted by Gasteiger charge is -2.34. The molecule has 1 atom stereocenters. The highest BCUT2D eigenvalue weighted by atomic mass is 19.4. The molecule has 0 aromatic heterocycles. The summed E-state index contributed by atoms with van der Waals surface area (Å²) in [6.45, 7) is 1.66. The number of nitrogens with one attached hydrogen (secondary N) is 1. The Morgan fingerprint density at radius 2 is 1.81 bits per heavy atom. The van der Waals surface area contributed by atoms with Gasteiger partial charge in [-0.05, 0) is 55.7 Å². The lowest BCUT2D eigenvalue weighted by atomic mass is 9.76. The third-order valence-corrected chi connectivity index (χ3v) is 4.43. The summed E-state index contributed by atoms with van der Waals surface area (Å²) in [6, 6.07) is 4.48. The van der Waals surface area contributed by atoms with Crippen LogP contribution in [-0.4, -0.2) is 6.18 Å². The quantitative estimate of drug-likeness (QED) is 0.503. The predicted molar refractivity (Wildman–Crippen MR) is 72.7 cm³/mol. The van der Waals surface area contributed by atoms with Crippen molar-refractivity contribution < 1.29 is 17.6 Å². The average Bonchev–Trinajstić information content (AvgIpc) is 2.43. The third kappa shape index (κ3) is 3.74. The van der Waals surface area contributed by atoms with Gasteiger partial charge in [-0.25, -0.2) is 4.39 Å². The lowest BCUT2D eigenvalue weighted by Crippen LogP contribution is -2.37. The molecule has 1 aliphatic rings. The summed E-state index contributed by atoms with van der Waals surface area (Å²) in [5, 5.41) is 0. The molecular weight excluding hydrogens is 284 g/mol. The van der Waals surface area contributed by atoms with E-state index in [0.29, 0.717) is 18.4 Å². The molecule has 1 unspecified atom stereocenters. The van der Waals surface area contributed by atoms with Gasteiger partial charge in [0, 0.05) is 6.04 Å². The van der Waals surface area contributed by atoms with Crippen LogP contribution in [0.1, 0.15) is 42.9 Å². The largest absolute Gasteiger partial charge is 0.391 e. The standard InChI is InChI=1S/C15H20F4N2/c1-9-8-11(4-7-13(9)16)14(21-20)10-2-5-12(6-3-10)15(17,18)19/h4,7-8,10,12,14,21H,2-3,5-6,20H2,1H3. The summed E-state index contributed by atoms with van der Waals surface area (Å²) < 4.78 is 51.4. The van der Waals surface area contributed by atoms with Crippen LogP contribution in [0.25, 0.3) is 0 Å². The Kier molecular flexibility index (Phi) is 4.88. The summed E-state index contributed by atoms with van der Waals surface area (Å²) in [4.78, 5) is 0. The van der Waals surface area contributed by atoms with Crippen molar-refractivity contribution in [2.24, 2.45) is 17.7 Å². The van der Waals surface area contributed by atoms with Crippen molar-refractivity contribution in [1.82, 2.24) is 5.43 Å². The highest BCUT2D eigenvalue weighted by Gasteiger charge is 2.42. The minimum Gasteiger partial charge on any atom is -0.271 e. The number of hydrogen-bond donors (Lipinski definition) is 2. The zero-order chi connectivity index (χ0) is 15.6. The Morgan fingerprint density at radius 3 is 2.29 bits per heavy atom. The Balaban J connectivity index is 2.07. The van der Waals surface area contributed by atoms with Crippen molar-refractivity contribution >= 4 is 0 Å². The Bertz CT molecular complexity index is 479. The second-order valence-corrected chi connectivity index (χ2v) is 5.81. The summed E-state index contributed by atoms with van der Waals surface area (Å²) in [7, 11) is 0.